The van der Waals surface area contributed by atoms with Crippen LogP contribution >= 0.6 is 11.3 Å². The third kappa shape index (κ3) is 3.73. The highest BCUT2D eigenvalue weighted by Gasteiger charge is 2.34. The van der Waals surface area contributed by atoms with Gasteiger partial charge in [0.05, 0.1) is 22.9 Å². The van der Waals surface area contributed by atoms with Crippen molar-refractivity contribution in [3.8, 4) is 0 Å². The van der Waals surface area contributed by atoms with Crippen LogP contribution in [-0.2, 0) is 11.0 Å². The maximum atomic E-state index is 12.9. The Morgan fingerprint density at radius 1 is 1.29 bits per heavy atom. The highest BCUT2D eigenvalue weighted by molar-refractivity contribution is 7.13. The van der Waals surface area contributed by atoms with E-state index in [-0.39, 0.29) is 21.3 Å². The molecule has 1 amide bonds. The molecule has 1 aromatic carbocycles. The number of para-hydroxylation sites is 1. The van der Waals surface area contributed by atoms with Crippen LogP contribution in [0.5, 0.6) is 0 Å². The zero-order valence-corrected chi connectivity index (χ0v) is 13.5. The number of alkyl halides is 3. The monoisotopic (exact) mass is 358 g/mol. The number of amides is 1. The number of aryl methyl sites for hydroxylation is 1. The molecule has 5 nitrogen and oxygen atoms in total. The van der Waals surface area contributed by atoms with Gasteiger partial charge in [0.15, 0.2) is 0 Å². The van der Waals surface area contributed by atoms with Crippen molar-refractivity contribution in [2.45, 2.75) is 25.9 Å². The average Bonchev–Trinajstić information content (AvgIpc) is 2.88. The number of hydrogen-bond donors (Lipinski definition) is 2. The van der Waals surface area contributed by atoms with Gasteiger partial charge in [0.1, 0.15) is 9.88 Å². The molecule has 9 heteroatoms. The van der Waals surface area contributed by atoms with Crippen molar-refractivity contribution in [1.29, 1.82) is 0 Å². The van der Waals surface area contributed by atoms with Gasteiger partial charge >= 0.3 is 12.1 Å². The second kappa shape index (κ2) is 6.60. The fraction of sp³-hybridized carbons (Fsp3) is 0.267. The summed E-state index contributed by atoms with van der Waals surface area (Å²) < 4.78 is 38.8. The number of aromatic nitrogens is 1. The molecule has 1 atom stereocenters. The standard InChI is InChI=1S/C15H13F3N2O3S/c1-7(13-19-8(2)11(24-13)14(22)23)12(21)20-10-6-4-3-5-9(10)15(16,17)18/h3-7H,1-2H3,(H,20,21)(H,22,23)/t7-/m1/s1. The van der Waals surface area contributed by atoms with E-state index >= 15 is 0 Å². The molecule has 2 N–H and O–H groups in total. The summed E-state index contributed by atoms with van der Waals surface area (Å²) in [5.74, 6) is -2.74. The number of carbonyl (C=O) groups excluding carboxylic acids is 1. The number of carboxylic acids is 1. The number of carbonyl (C=O) groups is 2. The minimum absolute atomic E-state index is 0.000316. The van der Waals surface area contributed by atoms with E-state index < -0.39 is 29.5 Å². The Balaban J connectivity index is 2.25. The highest BCUT2D eigenvalue weighted by Crippen LogP contribution is 2.35. The van der Waals surface area contributed by atoms with E-state index in [0.29, 0.717) is 0 Å². The van der Waals surface area contributed by atoms with E-state index in [9.17, 15) is 22.8 Å². The second-order valence-corrected chi connectivity index (χ2v) is 6.06. The summed E-state index contributed by atoms with van der Waals surface area (Å²) in [6.07, 6.45) is -4.60. The molecule has 24 heavy (non-hydrogen) atoms. The fourth-order valence-corrected chi connectivity index (χ4v) is 2.95. The Kier molecular flexibility index (Phi) is 4.93. The first kappa shape index (κ1) is 17.9. The van der Waals surface area contributed by atoms with Crippen LogP contribution < -0.4 is 5.32 Å². The van der Waals surface area contributed by atoms with E-state index in [0.717, 1.165) is 23.5 Å². The molecule has 2 rings (SSSR count). The van der Waals surface area contributed by atoms with Gasteiger partial charge in [-0.3, -0.25) is 4.79 Å². The predicted molar refractivity (Wildman–Crippen MR) is 82.3 cm³/mol. The Bertz CT molecular complexity index is 787. The first-order valence-corrected chi connectivity index (χ1v) is 7.60. The van der Waals surface area contributed by atoms with Gasteiger partial charge < -0.3 is 10.4 Å². The van der Waals surface area contributed by atoms with Gasteiger partial charge in [-0.2, -0.15) is 13.2 Å². The van der Waals surface area contributed by atoms with Gasteiger partial charge in [0.25, 0.3) is 0 Å². The minimum atomic E-state index is -4.60. The van der Waals surface area contributed by atoms with Gasteiger partial charge in [-0.1, -0.05) is 12.1 Å². The topological polar surface area (TPSA) is 79.3 Å². The molecule has 1 heterocycles. The molecule has 0 saturated carbocycles. The number of nitrogens with one attached hydrogen (secondary N) is 1. The molecular weight excluding hydrogens is 345 g/mol. The quantitative estimate of drug-likeness (QED) is 0.868. The maximum Gasteiger partial charge on any atom is 0.418 e. The summed E-state index contributed by atoms with van der Waals surface area (Å²) in [6.45, 7) is 2.95. The molecule has 0 aliphatic rings. The molecule has 2 aromatic rings. The lowest BCUT2D eigenvalue weighted by Crippen LogP contribution is -2.21. The fourth-order valence-electron chi connectivity index (χ4n) is 1.99. The summed E-state index contributed by atoms with van der Waals surface area (Å²) in [5, 5.41) is 11.5. The lowest BCUT2D eigenvalue weighted by Gasteiger charge is -2.15. The number of aromatic carboxylic acids is 1. The molecule has 0 saturated heterocycles. The number of anilines is 1. The van der Waals surface area contributed by atoms with Crippen LogP contribution in [0, 0.1) is 6.92 Å². The molecule has 0 bridgehead atoms. The lowest BCUT2D eigenvalue weighted by molar-refractivity contribution is -0.137. The molecule has 0 fully saturated rings. The van der Waals surface area contributed by atoms with Crippen molar-refractivity contribution in [3.05, 3.63) is 45.4 Å². The van der Waals surface area contributed by atoms with Gasteiger partial charge in [-0.15, -0.1) is 11.3 Å². The zero-order chi connectivity index (χ0) is 18.1. The second-order valence-electron chi connectivity index (χ2n) is 5.03. The van der Waals surface area contributed by atoms with Gasteiger partial charge in [-0.05, 0) is 26.0 Å². The Morgan fingerprint density at radius 2 is 1.92 bits per heavy atom. The summed E-state index contributed by atoms with van der Waals surface area (Å²) in [4.78, 5) is 27.3. The molecule has 0 aliphatic heterocycles. The Morgan fingerprint density at radius 3 is 2.46 bits per heavy atom. The summed E-state index contributed by atoms with van der Waals surface area (Å²) in [6, 6.07) is 4.64. The van der Waals surface area contributed by atoms with Crippen molar-refractivity contribution in [3.63, 3.8) is 0 Å². The van der Waals surface area contributed by atoms with Crippen molar-refractivity contribution in [1.82, 2.24) is 4.98 Å². The van der Waals surface area contributed by atoms with Crippen LogP contribution in [0.1, 0.15) is 38.8 Å². The number of thiazole rings is 1. The van der Waals surface area contributed by atoms with Gasteiger partial charge in [-0.25, -0.2) is 9.78 Å². The van der Waals surface area contributed by atoms with Crippen molar-refractivity contribution in [2.75, 3.05) is 5.32 Å². The van der Waals surface area contributed by atoms with E-state index in [1.807, 2.05) is 0 Å². The van der Waals surface area contributed by atoms with E-state index in [2.05, 4.69) is 10.3 Å². The minimum Gasteiger partial charge on any atom is -0.477 e. The molecule has 0 spiro atoms. The summed E-state index contributed by atoms with van der Waals surface area (Å²) in [7, 11) is 0. The number of halogens is 3. The van der Waals surface area contributed by atoms with Crippen molar-refractivity contribution < 1.29 is 27.9 Å². The van der Waals surface area contributed by atoms with Crippen molar-refractivity contribution in [2.24, 2.45) is 0 Å². The molecular formula is C15H13F3N2O3S. The largest absolute Gasteiger partial charge is 0.477 e. The van der Waals surface area contributed by atoms with Gasteiger partial charge in [0, 0.05) is 0 Å². The smallest absolute Gasteiger partial charge is 0.418 e. The Labute approximate surface area is 139 Å². The number of nitrogens with zero attached hydrogens (tertiary/aromatic N) is 1. The van der Waals surface area contributed by atoms with Crippen LogP contribution in [0.2, 0.25) is 0 Å². The first-order valence-electron chi connectivity index (χ1n) is 6.79. The average molecular weight is 358 g/mol. The van der Waals surface area contributed by atoms with E-state index in [4.69, 9.17) is 5.11 Å². The first-order chi connectivity index (χ1) is 11.1. The number of hydrogen-bond acceptors (Lipinski definition) is 4. The number of rotatable bonds is 4. The maximum absolute atomic E-state index is 12.9. The highest BCUT2D eigenvalue weighted by atomic mass is 32.1. The number of benzene rings is 1. The lowest BCUT2D eigenvalue weighted by atomic mass is 10.1. The third-order valence-corrected chi connectivity index (χ3v) is 4.59. The Hall–Kier alpha value is -2.42. The van der Waals surface area contributed by atoms with Gasteiger partial charge in [0.2, 0.25) is 5.91 Å². The van der Waals surface area contributed by atoms with Crippen LogP contribution in [0.25, 0.3) is 0 Å². The third-order valence-electron chi connectivity index (χ3n) is 3.26. The number of carboxylic acid groups (broad SMARTS) is 1. The van der Waals surface area contributed by atoms with Crippen molar-refractivity contribution >= 4 is 28.9 Å². The molecule has 0 unspecified atom stereocenters. The van der Waals surface area contributed by atoms with Crippen LogP contribution in [0.15, 0.2) is 24.3 Å². The van der Waals surface area contributed by atoms with Crippen LogP contribution in [0.3, 0.4) is 0 Å². The normalized spacial score (nSPS) is 12.7. The predicted octanol–water partition coefficient (Wildman–Crippen LogP) is 3.91. The summed E-state index contributed by atoms with van der Waals surface area (Å²) >= 11 is 0.831. The molecule has 0 radical (unpaired) electrons. The van der Waals surface area contributed by atoms with Crippen LogP contribution in [0.4, 0.5) is 18.9 Å². The van der Waals surface area contributed by atoms with E-state index in [1.54, 1.807) is 0 Å². The van der Waals surface area contributed by atoms with E-state index in [1.165, 1.54) is 26.0 Å². The summed E-state index contributed by atoms with van der Waals surface area (Å²) in [5.41, 5.74) is -1.04. The molecule has 1 aromatic heterocycles. The molecule has 0 aliphatic carbocycles. The van der Waals surface area contributed by atoms with Crippen LogP contribution in [-0.4, -0.2) is 22.0 Å². The zero-order valence-electron chi connectivity index (χ0n) is 12.6. The molecule has 128 valence electrons. The SMILES string of the molecule is Cc1nc([C@H](C)C(=O)Nc2ccccc2C(F)(F)F)sc1C(=O)O.